The summed E-state index contributed by atoms with van der Waals surface area (Å²) in [6.45, 7) is 10.0. The van der Waals surface area contributed by atoms with Crippen LogP contribution < -0.4 is 0 Å². The molecule has 0 fully saturated rings. The zero-order chi connectivity index (χ0) is 10.6. The van der Waals surface area contributed by atoms with Crippen LogP contribution in [-0.2, 0) is 0 Å². The average Bonchev–Trinajstić information content (AvgIpc) is 2.41. The van der Waals surface area contributed by atoms with Crippen molar-refractivity contribution in [3.8, 4) is 0 Å². The van der Waals surface area contributed by atoms with Crippen molar-refractivity contribution in [2.45, 2.75) is 20.8 Å². The van der Waals surface area contributed by atoms with Crippen LogP contribution >= 0.6 is 0 Å². The van der Waals surface area contributed by atoms with Crippen molar-refractivity contribution in [1.82, 2.24) is 0 Å². The van der Waals surface area contributed by atoms with Gasteiger partial charge in [0.1, 0.15) is 0 Å². The highest BCUT2D eigenvalue weighted by Crippen LogP contribution is 2.29. The van der Waals surface area contributed by atoms with Crippen molar-refractivity contribution in [3.63, 3.8) is 0 Å². The summed E-state index contributed by atoms with van der Waals surface area (Å²) in [4.78, 5) is 4.47. The number of nitrogens with zero attached hydrogens (tertiary/aromatic N) is 1. The van der Waals surface area contributed by atoms with E-state index in [1.807, 2.05) is 37.3 Å². The fourth-order valence-electron chi connectivity index (χ4n) is 1.42. The summed E-state index contributed by atoms with van der Waals surface area (Å²) in [5.74, 6) is 0. The van der Waals surface area contributed by atoms with Gasteiger partial charge in [-0.25, -0.2) is 0 Å². The molecule has 1 aliphatic heterocycles. The van der Waals surface area contributed by atoms with E-state index in [-0.39, 0.29) is 5.41 Å². The van der Waals surface area contributed by atoms with E-state index in [0.717, 1.165) is 11.4 Å². The van der Waals surface area contributed by atoms with Crippen LogP contribution in [0.2, 0.25) is 0 Å². The normalized spacial score (nSPS) is 20.2. The Kier molecular flexibility index (Phi) is 3.23. The lowest BCUT2D eigenvalue weighted by atomic mass is 9.88. The molecule has 0 aromatic carbocycles. The molecule has 1 heterocycles. The minimum atomic E-state index is 0.0252. The fourth-order valence-corrected chi connectivity index (χ4v) is 1.42. The van der Waals surface area contributed by atoms with Gasteiger partial charge in [-0.05, 0) is 25.2 Å². The summed E-state index contributed by atoms with van der Waals surface area (Å²) in [6.07, 6.45) is 12.0. The third-order valence-electron chi connectivity index (χ3n) is 2.18. The quantitative estimate of drug-likeness (QED) is 0.598. The van der Waals surface area contributed by atoms with Gasteiger partial charge in [0.05, 0.1) is 5.70 Å². The van der Waals surface area contributed by atoms with Crippen LogP contribution in [0.15, 0.2) is 53.7 Å². The molecule has 1 aliphatic rings. The van der Waals surface area contributed by atoms with Gasteiger partial charge in [0.25, 0.3) is 0 Å². The lowest BCUT2D eigenvalue weighted by Crippen LogP contribution is -2.15. The molecule has 1 heteroatoms. The van der Waals surface area contributed by atoms with E-state index in [2.05, 4.69) is 31.5 Å². The minimum Gasteiger partial charge on any atom is -0.253 e. The Balaban J connectivity index is 2.85. The van der Waals surface area contributed by atoms with Crippen LogP contribution in [0, 0.1) is 5.41 Å². The van der Waals surface area contributed by atoms with E-state index in [1.54, 1.807) is 0 Å². The van der Waals surface area contributed by atoms with Crippen molar-refractivity contribution in [2.75, 3.05) is 0 Å². The van der Waals surface area contributed by atoms with Crippen molar-refractivity contribution >= 4 is 5.71 Å². The molecule has 74 valence electrons. The second-order valence-electron chi connectivity index (χ2n) is 3.88. The second-order valence-corrected chi connectivity index (χ2v) is 3.88. The van der Waals surface area contributed by atoms with Crippen LogP contribution in [0.25, 0.3) is 0 Å². The Hall–Kier alpha value is -1.37. The number of hydrogen-bond donors (Lipinski definition) is 0. The molecule has 0 amide bonds. The molecular weight excluding hydrogens is 170 g/mol. The Bertz CT molecular complexity index is 338. The van der Waals surface area contributed by atoms with Crippen LogP contribution in [0.4, 0.5) is 0 Å². The third-order valence-corrected chi connectivity index (χ3v) is 2.18. The monoisotopic (exact) mass is 187 g/mol. The first-order valence-corrected chi connectivity index (χ1v) is 4.84. The SMILES string of the molecule is C=CC1=NC(/C=C\C=C/C)=CC1(C)C. The Morgan fingerprint density at radius 2 is 2.07 bits per heavy atom. The summed E-state index contributed by atoms with van der Waals surface area (Å²) in [6, 6.07) is 0. The van der Waals surface area contributed by atoms with Crippen LogP contribution in [0.5, 0.6) is 0 Å². The Morgan fingerprint density at radius 1 is 1.36 bits per heavy atom. The number of rotatable bonds is 3. The molecule has 0 saturated carbocycles. The van der Waals surface area contributed by atoms with E-state index < -0.39 is 0 Å². The zero-order valence-electron chi connectivity index (χ0n) is 9.12. The molecular formula is C13H17N. The van der Waals surface area contributed by atoms with Gasteiger partial charge in [-0.3, -0.25) is 4.99 Å². The molecule has 0 spiro atoms. The van der Waals surface area contributed by atoms with E-state index >= 15 is 0 Å². The van der Waals surface area contributed by atoms with Crippen molar-refractivity contribution in [1.29, 1.82) is 0 Å². The molecule has 0 bridgehead atoms. The fraction of sp³-hybridized carbons (Fsp3) is 0.308. The predicted molar refractivity (Wildman–Crippen MR) is 63.5 cm³/mol. The predicted octanol–water partition coefficient (Wildman–Crippen LogP) is 3.67. The van der Waals surface area contributed by atoms with Gasteiger partial charge in [0.15, 0.2) is 0 Å². The Labute approximate surface area is 86.2 Å². The summed E-state index contributed by atoms with van der Waals surface area (Å²) < 4.78 is 0. The molecule has 0 aromatic heterocycles. The highest BCUT2D eigenvalue weighted by atomic mass is 14.8. The van der Waals surface area contributed by atoms with E-state index in [9.17, 15) is 0 Å². The zero-order valence-corrected chi connectivity index (χ0v) is 9.12. The van der Waals surface area contributed by atoms with E-state index in [4.69, 9.17) is 0 Å². The lowest BCUT2D eigenvalue weighted by Gasteiger charge is -2.14. The minimum absolute atomic E-state index is 0.0252. The molecule has 0 N–H and O–H groups in total. The summed E-state index contributed by atoms with van der Waals surface area (Å²) in [7, 11) is 0. The topological polar surface area (TPSA) is 12.4 Å². The highest BCUT2D eigenvalue weighted by molar-refractivity contribution is 6.02. The lowest BCUT2D eigenvalue weighted by molar-refractivity contribution is 0.691. The van der Waals surface area contributed by atoms with Crippen LogP contribution in [-0.4, -0.2) is 5.71 Å². The molecule has 0 saturated heterocycles. The van der Waals surface area contributed by atoms with Gasteiger partial charge < -0.3 is 0 Å². The van der Waals surface area contributed by atoms with Gasteiger partial charge >= 0.3 is 0 Å². The van der Waals surface area contributed by atoms with Gasteiger partial charge in [-0.1, -0.05) is 38.7 Å². The van der Waals surface area contributed by atoms with Crippen molar-refractivity contribution in [3.05, 3.63) is 48.7 Å². The Morgan fingerprint density at radius 3 is 2.57 bits per heavy atom. The number of aliphatic imine (C=N–C) groups is 1. The van der Waals surface area contributed by atoms with Crippen molar-refractivity contribution < 1.29 is 0 Å². The molecule has 0 aliphatic carbocycles. The third kappa shape index (κ3) is 2.32. The maximum absolute atomic E-state index is 4.47. The molecule has 0 radical (unpaired) electrons. The summed E-state index contributed by atoms with van der Waals surface area (Å²) in [5, 5.41) is 0. The second kappa shape index (κ2) is 4.23. The largest absolute Gasteiger partial charge is 0.253 e. The standard InChI is InChI=1S/C13H17N/c1-5-7-8-9-11-10-13(3,4)12(6-2)14-11/h5-10H,2H2,1,3-4H3/b7-5-,9-8-. The first-order chi connectivity index (χ1) is 6.60. The number of hydrogen-bond acceptors (Lipinski definition) is 1. The van der Waals surface area contributed by atoms with Gasteiger partial charge in [0, 0.05) is 11.1 Å². The smallest absolute Gasteiger partial charge is 0.0602 e. The van der Waals surface area contributed by atoms with Gasteiger partial charge in [-0.15, -0.1) is 0 Å². The summed E-state index contributed by atoms with van der Waals surface area (Å²) >= 11 is 0. The molecule has 0 aromatic rings. The van der Waals surface area contributed by atoms with Crippen LogP contribution in [0.3, 0.4) is 0 Å². The van der Waals surface area contributed by atoms with Crippen LogP contribution in [0.1, 0.15) is 20.8 Å². The van der Waals surface area contributed by atoms with E-state index in [0.29, 0.717) is 0 Å². The molecule has 0 atom stereocenters. The maximum atomic E-state index is 4.47. The maximum Gasteiger partial charge on any atom is 0.0602 e. The first-order valence-electron chi connectivity index (χ1n) is 4.84. The molecule has 14 heavy (non-hydrogen) atoms. The number of allylic oxidation sites excluding steroid dienone is 6. The highest BCUT2D eigenvalue weighted by Gasteiger charge is 2.25. The first kappa shape index (κ1) is 10.7. The van der Waals surface area contributed by atoms with E-state index in [1.165, 1.54) is 0 Å². The molecule has 1 nitrogen and oxygen atoms in total. The van der Waals surface area contributed by atoms with Gasteiger partial charge in [-0.2, -0.15) is 0 Å². The van der Waals surface area contributed by atoms with Gasteiger partial charge in [0.2, 0.25) is 0 Å². The molecule has 1 rings (SSSR count). The summed E-state index contributed by atoms with van der Waals surface area (Å²) in [5.41, 5.74) is 2.08. The average molecular weight is 187 g/mol. The van der Waals surface area contributed by atoms with Crippen molar-refractivity contribution in [2.24, 2.45) is 10.4 Å². The molecule has 0 unspecified atom stereocenters.